The molecule has 328 valence electrons. The van der Waals surface area contributed by atoms with Crippen molar-refractivity contribution < 1.29 is 38.2 Å². The lowest BCUT2D eigenvalue weighted by Gasteiger charge is -2.31. The third kappa shape index (κ3) is 37.4. The van der Waals surface area contributed by atoms with Crippen LogP contribution in [0.25, 0.3) is 0 Å². The van der Waals surface area contributed by atoms with Gasteiger partial charge in [0, 0.05) is 19.3 Å². The Kier molecular flexibility index (Phi) is 38.1. The van der Waals surface area contributed by atoms with Crippen LogP contribution in [0.4, 0.5) is 0 Å². The van der Waals surface area contributed by atoms with Gasteiger partial charge in [0.25, 0.3) is 0 Å². The maximum absolute atomic E-state index is 12.7. The number of rotatable bonds is 42. The van der Waals surface area contributed by atoms with Crippen molar-refractivity contribution in [2.75, 3.05) is 41.0 Å². The van der Waals surface area contributed by atoms with E-state index in [1.165, 1.54) is 128 Å². The summed E-state index contributed by atoms with van der Waals surface area (Å²) in [4.78, 5) is 37.0. The molecule has 0 fully saturated rings. The van der Waals surface area contributed by atoms with Crippen LogP contribution in [0.5, 0.6) is 0 Å². The number of hydrogen-bond donors (Lipinski definition) is 1. The van der Waals surface area contributed by atoms with Crippen LogP contribution in [-0.2, 0) is 28.6 Å². The Bertz CT molecular complexity index is 973. The minimum Gasteiger partial charge on any atom is -0.477 e. The lowest BCUT2D eigenvalue weighted by atomic mass is 10.0. The van der Waals surface area contributed by atoms with E-state index in [1.54, 1.807) is 0 Å². The van der Waals surface area contributed by atoms with Gasteiger partial charge in [-0.25, -0.2) is 4.79 Å². The van der Waals surface area contributed by atoms with Gasteiger partial charge in [-0.1, -0.05) is 179 Å². The molecule has 8 nitrogen and oxygen atoms in total. The maximum atomic E-state index is 12.7. The fraction of sp³-hybridized carbons (Fsp3) is 0.854. The fourth-order valence-corrected chi connectivity index (χ4v) is 7.01. The van der Waals surface area contributed by atoms with E-state index in [1.807, 2.05) is 21.1 Å². The van der Waals surface area contributed by atoms with Crippen molar-refractivity contribution in [3.8, 4) is 0 Å². The normalized spacial score (nSPS) is 13.1. The van der Waals surface area contributed by atoms with Gasteiger partial charge in [0.15, 0.2) is 12.1 Å². The highest BCUT2D eigenvalue weighted by Crippen LogP contribution is 2.16. The zero-order chi connectivity index (χ0) is 41.4. The fourth-order valence-electron chi connectivity index (χ4n) is 7.01. The van der Waals surface area contributed by atoms with Gasteiger partial charge in [-0.05, 0) is 38.5 Å². The Hall–Kier alpha value is -2.19. The average Bonchev–Trinajstić information content (AvgIpc) is 3.15. The van der Waals surface area contributed by atoms with Crippen LogP contribution in [0.3, 0.4) is 0 Å². The second kappa shape index (κ2) is 39.6. The summed E-state index contributed by atoms with van der Waals surface area (Å²) in [6.45, 7) is 4.65. The van der Waals surface area contributed by atoms with Gasteiger partial charge < -0.3 is 23.8 Å². The summed E-state index contributed by atoms with van der Waals surface area (Å²) >= 11 is 0. The van der Waals surface area contributed by atoms with Gasteiger partial charge in [-0.2, -0.15) is 0 Å². The third-order valence-electron chi connectivity index (χ3n) is 10.6. The number of aliphatic carboxylic acids is 1. The molecule has 0 aliphatic heterocycles. The number of carboxylic acid groups (broad SMARTS) is 1. The van der Waals surface area contributed by atoms with Gasteiger partial charge in [-0.15, -0.1) is 0 Å². The van der Waals surface area contributed by atoms with Gasteiger partial charge in [0.2, 0.25) is 0 Å². The second-order valence-corrected chi connectivity index (χ2v) is 17.0. The third-order valence-corrected chi connectivity index (χ3v) is 10.6. The molecule has 0 aromatic heterocycles. The van der Waals surface area contributed by atoms with Gasteiger partial charge >= 0.3 is 17.9 Å². The van der Waals surface area contributed by atoms with Crippen LogP contribution in [0.1, 0.15) is 213 Å². The molecule has 0 saturated carbocycles. The van der Waals surface area contributed by atoms with E-state index in [0.717, 1.165) is 51.4 Å². The van der Waals surface area contributed by atoms with Crippen LogP contribution in [-0.4, -0.2) is 80.6 Å². The average molecular weight is 793 g/mol. The van der Waals surface area contributed by atoms with E-state index in [4.69, 9.17) is 14.2 Å². The SMILES string of the molecule is CC/C=C/C/C=C/CCCCCCCCCCCCCCCCC(=O)OCC(COCCC(C(=O)O)[N+](C)(C)C)OC(=O)CCCCCCCCCCCCC. The monoisotopic (exact) mass is 793 g/mol. The number of unbranched alkanes of at least 4 members (excludes halogenated alkanes) is 24. The molecule has 0 aliphatic rings. The molecule has 0 aromatic rings. The number of esters is 2. The van der Waals surface area contributed by atoms with E-state index in [2.05, 4.69) is 38.2 Å². The molecule has 2 atom stereocenters. The van der Waals surface area contributed by atoms with E-state index >= 15 is 0 Å². The van der Waals surface area contributed by atoms with E-state index < -0.39 is 18.1 Å². The van der Waals surface area contributed by atoms with Crippen LogP contribution >= 0.6 is 0 Å². The van der Waals surface area contributed by atoms with Gasteiger partial charge in [0.1, 0.15) is 6.61 Å². The lowest BCUT2D eigenvalue weighted by molar-refractivity contribution is -0.887. The molecule has 0 heterocycles. The first-order chi connectivity index (χ1) is 27.1. The van der Waals surface area contributed by atoms with Crippen molar-refractivity contribution in [1.29, 1.82) is 0 Å². The van der Waals surface area contributed by atoms with Crippen molar-refractivity contribution in [3.05, 3.63) is 24.3 Å². The molecule has 0 aliphatic carbocycles. The molecule has 0 rings (SSSR count). The largest absolute Gasteiger partial charge is 0.477 e. The maximum Gasteiger partial charge on any atom is 0.362 e. The topological polar surface area (TPSA) is 99.1 Å². The number of quaternary nitrogens is 1. The highest BCUT2D eigenvalue weighted by Gasteiger charge is 2.31. The lowest BCUT2D eigenvalue weighted by Crippen LogP contribution is -2.50. The van der Waals surface area contributed by atoms with E-state index in [0.29, 0.717) is 19.3 Å². The van der Waals surface area contributed by atoms with Crippen LogP contribution in [0.15, 0.2) is 24.3 Å². The second-order valence-electron chi connectivity index (χ2n) is 17.0. The summed E-state index contributed by atoms with van der Waals surface area (Å²) in [5, 5.41) is 9.62. The summed E-state index contributed by atoms with van der Waals surface area (Å²) in [6.07, 6.45) is 43.7. The van der Waals surface area contributed by atoms with Crippen LogP contribution < -0.4 is 0 Å². The van der Waals surface area contributed by atoms with Crippen molar-refractivity contribution >= 4 is 17.9 Å². The summed E-state index contributed by atoms with van der Waals surface area (Å²) in [6, 6.07) is -0.610. The number of carbonyl (C=O) groups excluding carboxylic acids is 2. The quantitative estimate of drug-likeness (QED) is 0.0284. The van der Waals surface area contributed by atoms with Crippen molar-refractivity contribution in [1.82, 2.24) is 0 Å². The Morgan fingerprint density at radius 3 is 1.46 bits per heavy atom. The van der Waals surface area contributed by atoms with Gasteiger partial charge in [0.05, 0.1) is 34.4 Å². The summed E-state index contributed by atoms with van der Waals surface area (Å²) in [5.41, 5.74) is 0. The summed E-state index contributed by atoms with van der Waals surface area (Å²) in [5.74, 6) is -1.46. The summed E-state index contributed by atoms with van der Waals surface area (Å²) < 4.78 is 17.3. The van der Waals surface area contributed by atoms with E-state index in [9.17, 15) is 19.5 Å². The molecule has 8 heteroatoms. The molecular weight excluding hydrogens is 703 g/mol. The molecule has 0 radical (unpaired) electrons. The zero-order valence-electron chi connectivity index (χ0n) is 37.3. The molecule has 0 bridgehead atoms. The minimum absolute atomic E-state index is 0.0461. The molecule has 56 heavy (non-hydrogen) atoms. The Balaban J connectivity index is 4.18. The first kappa shape index (κ1) is 53.8. The predicted octanol–water partition coefficient (Wildman–Crippen LogP) is 12.9. The number of nitrogens with zero attached hydrogens (tertiary/aromatic N) is 1. The number of likely N-dealkylation sites (N-methyl/N-ethyl adjacent to an activating group) is 1. The van der Waals surface area contributed by atoms with Crippen molar-refractivity contribution in [2.24, 2.45) is 0 Å². The highest BCUT2D eigenvalue weighted by atomic mass is 16.6. The standard InChI is InChI=1S/C48H89NO7/c1-6-8-10-12-14-16-18-19-20-21-22-23-24-25-26-27-29-30-32-34-36-38-46(50)55-43-44(42-54-41-40-45(48(52)53)49(3,4)5)56-47(51)39-37-35-33-31-28-17-15-13-11-9-7-2/h8,10,14,16,44-45H,6-7,9,11-13,15,17-43H2,1-5H3/p+1/b10-8+,16-14+. The highest BCUT2D eigenvalue weighted by molar-refractivity contribution is 5.72. The number of carboxylic acids is 1. The minimum atomic E-state index is -0.873. The van der Waals surface area contributed by atoms with Crippen molar-refractivity contribution in [3.63, 3.8) is 0 Å². The number of allylic oxidation sites excluding steroid dienone is 4. The molecule has 2 unspecified atom stereocenters. The number of carbonyl (C=O) groups is 3. The molecule has 1 N–H and O–H groups in total. The Labute approximate surface area is 345 Å². The van der Waals surface area contributed by atoms with Crippen LogP contribution in [0, 0.1) is 0 Å². The first-order valence-corrected chi connectivity index (χ1v) is 23.4. The Morgan fingerprint density at radius 2 is 1.00 bits per heavy atom. The molecule has 0 spiro atoms. The first-order valence-electron chi connectivity index (χ1n) is 23.4. The molecular formula is C48H90NO7+. The zero-order valence-corrected chi connectivity index (χ0v) is 37.3. The van der Waals surface area contributed by atoms with Crippen LogP contribution in [0.2, 0.25) is 0 Å². The molecule has 0 aromatic carbocycles. The van der Waals surface area contributed by atoms with Crippen molar-refractivity contribution in [2.45, 2.75) is 225 Å². The Morgan fingerprint density at radius 1 is 0.554 bits per heavy atom. The predicted molar refractivity (Wildman–Crippen MR) is 234 cm³/mol. The molecule has 0 saturated heterocycles. The smallest absolute Gasteiger partial charge is 0.362 e. The molecule has 0 amide bonds. The van der Waals surface area contributed by atoms with E-state index in [-0.39, 0.29) is 36.2 Å². The number of ether oxygens (including phenoxy) is 3. The number of hydrogen-bond acceptors (Lipinski definition) is 6. The van der Waals surface area contributed by atoms with Gasteiger partial charge in [-0.3, -0.25) is 9.59 Å². The summed E-state index contributed by atoms with van der Waals surface area (Å²) in [7, 11) is 5.53.